The molecule has 1 aliphatic rings. The van der Waals surface area contributed by atoms with Crippen LogP contribution in [0.5, 0.6) is 0 Å². The van der Waals surface area contributed by atoms with E-state index in [0.29, 0.717) is 36.3 Å². The molecule has 0 aliphatic carbocycles. The zero-order valence-corrected chi connectivity index (χ0v) is 25.3. The number of carbonyl (C=O) groups is 2. The first kappa shape index (κ1) is 27.3. The van der Waals surface area contributed by atoms with Crippen LogP contribution in [0, 0.1) is 13.8 Å². The van der Waals surface area contributed by atoms with Crippen LogP contribution in [0.1, 0.15) is 37.5 Å². The zero-order valence-electron chi connectivity index (χ0n) is 19.7. The van der Waals surface area contributed by atoms with Crippen molar-refractivity contribution in [3.63, 3.8) is 0 Å². The normalized spacial score (nSPS) is 15.6. The number of rotatable bonds is 7. The molecular weight excluding hydrogens is 651 g/mol. The minimum absolute atomic E-state index is 0.0165. The number of halogens is 3. The van der Waals surface area contributed by atoms with Crippen molar-refractivity contribution in [1.82, 2.24) is 15.2 Å². The van der Waals surface area contributed by atoms with Crippen LogP contribution in [0.25, 0.3) is 0 Å². The van der Waals surface area contributed by atoms with Crippen LogP contribution in [-0.4, -0.2) is 32.0 Å². The van der Waals surface area contributed by atoms with E-state index in [1.54, 1.807) is 44.2 Å². The molecule has 0 radical (unpaired) electrons. The second kappa shape index (κ2) is 11.1. The SMILES string of the molecule is Cc1nc(C)c(C(=O)C2=C(O)C(=O)N(c3nnc(SCc4ccc(Cl)cc4Cl)s3)C2c2cccc(Br)c2)s1. The largest absolute Gasteiger partial charge is 0.503 e. The van der Waals surface area contributed by atoms with E-state index in [-0.39, 0.29) is 10.7 Å². The molecule has 2 aromatic carbocycles. The van der Waals surface area contributed by atoms with Crippen molar-refractivity contribution in [2.24, 2.45) is 0 Å². The van der Waals surface area contributed by atoms with Crippen LogP contribution in [0.3, 0.4) is 0 Å². The predicted octanol–water partition coefficient (Wildman–Crippen LogP) is 7.76. The maximum Gasteiger partial charge on any atom is 0.296 e. The van der Waals surface area contributed by atoms with Gasteiger partial charge in [0.1, 0.15) is 0 Å². The third kappa shape index (κ3) is 5.28. The Bertz CT molecular complexity index is 1620. The van der Waals surface area contributed by atoms with Gasteiger partial charge in [0.05, 0.1) is 27.2 Å². The molecule has 1 atom stereocenters. The van der Waals surface area contributed by atoms with Gasteiger partial charge in [-0.05, 0) is 49.2 Å². The summed E-state index contributed by atoms with van der Waals surface area (Å²) in [6.45, 7) is 3.54. The third-order valence-electron chi connectivity index (χ3n) is 5.70. The molecule has 13 heteroatoms. The van der Waals surface area contributed by atoms with E-state index in [0.717, 1.165) is 15.0 Å². The number of hydrogen-bond donors (Lipinski definition) is 1. The molecule has 1 aliphatic heterocycles. The Morgan fingerprint density at radius 1 is 1.16 bits per heavy atom. The molecule has 1 unspecified atom stereocenters. The van der Waals surface area contributed by atoms with Gasteiger partial charge in [-0.3, -0.25) is 14.5 Å². The molecule has 0 saturated heterocycles. The van der Waals surface area contributed by atoms with Crippen LogP contribution < -0.4 is 4.90 Å². The van der Waals surface area contributed by atoms with Gasteiger partial charge >= 0.3 is 0 Å². The minimum atomic E-state index is -0.897. The van der Waals surface area contributed by atoms with Crippen LogP contribution in [0.2, 0.25) is 10.0 Å². The summed E-state index contributed by atoms with van der Waals surface area (Å²) in [6, 6.07) is 11.6. The maximum atomic E-state index is 13.7. The molecular formula is C25H17BrCl2N4O3S3. The number of benzene rings is 2. The van der Waals surface area contributed by atoms with Crippen molar-refractivity contribution in [1.29, 1.82) is 0 Å². The van der Waals surface area contributed by atoms with Crippen molar-refractivity contribution < 1.29 is 14.7 Å². The van der Waals surface area contributed by atoms with Crippen molar-refractivity contribution in [2.75, 3.05) is 4.90 Å². The Labute approximate surface area is 248 Å². The molecule has 3 heterocycles. The fraction of sp³-hybridized carbons (Fsp3) is 0.160. The first-order chi connectivity index (χ1) is 18.1. The Kier molecular flexibility index (Phi) is 7.95. The smallest absolute Gasteiger partial charge is 0.296 e. The number of aryl methyl sites for hydroxylation is 2. The second-order valence-corrected chi connectivity index (χ2v) is 13.4. The van der Waals surface area contributed by atoms with Crippen LogP contribution in [-0.2, 0) is 10.5 Å². The van der Waals surface area contributed by atoms with Gasteiger partial charge in [0.25, 0.3) is 5.91 Å². The van der Waals surface area contributed by atoms with Crippen LogP contribution >= 0.6 is 73.6 Å². The number of Topliss-reactive ketones (excluding diaryl/α,β-unsaturated/α-hetero) is 1. The van der Waals surface area contributed by atoms with Gasteiger partial charge < -0.3 is 5.11 Å². The number of carbonyl (C=O) groups excluding carboxylic acids is 2. The van der Waals surface area contributed by atoms with Gasteiger partial charge in [-0.25, -0.2) is 4.98 Å². The summed E-state index contributed by atoms with van der Waals surface area (Å²) in [6.07, 6.45) is 0. The predicted molar refractivity (Wildman–Crippen MR) is 156 cm³/mol. The van der Waals surface area contributed by atoms with Crippen molar-refractivity contribution in [2.45, 2.75) is 30.0 Å². The van der Waals surface area contributed by atoms with Gasteiger partial charge in [-0.1, -0.05) is 80.4 Å². The fourth-order valence-electron chi connectivity index (χ4n) is 4.03. The summed E-state index contributed by atoms with van der Waals surface area (Å²) in [5.41, 5.74) is 2.05. The second-order valence-electron chi connectivity index (χ2n) is 8.25. The number of aromatic nitrogens is 3. The molecule has 0 bridgehead atoms. The standard InChI is InChI=1S/C25H17BrCl2N4O3S3/c1-11-22(37-12(2)29-11)20(33)18-19(13-4-3-5-15(26)8-13)32(23(35)21(18)34)24-30-31-25(38-24)36-10-14-6-7-16(27)9-17(14)28/h3-9,19,34H,10H2,1-2H3. The highest BCUT2D eigenvalue weighted by atomic mass is 79.9. The molecule has 194 valence electrons. The van der Waals surface area contributed by atoms with Gasteiger partial charge in [-0.15, -0.1) is 21.5 Å². The monoisotopic (exact) mass is 666 g/mol. The summed E-state index contributed by atoms with van der Waals surface area (Å²) >= 11 is 19.6. The Balaban J connectivity index is 1.50. The zero-order chi connectivity index (χ0) is 27.1. The Morgan fingerprint density at radius 3 is 2.63 bits per heavy atom. The fourth-order valence-corrected chi connectivity index (χ4v) is 7.74. The quantitative estimate of drug-likeness (QED) is 0.122. The maximum absolute atomic E-state index is 13.7. The summed E-state index contributed by atoms with van der Waals surface area (Å²) in [4.78, 5) is 33.2. The van der Waals surface area contributed by atoms with Crippen LogP contribution in [0.4, 0.5) is 5.13 Å². The molecule has 4 aromatic rings. The molecule has 1 N–H and O–H groups in total. The number of thiazole rings is 1. The summed E-state index contributed by atoms with van der Waals surface area (Å²) in [5.74, 6) is -1.25. The van der Waals surface area contributed by atoms with Crippen molar-refractivity contribution in [3.8, 4) is 0 Å². The number of ketones is 1. The van der Waals surface area contributed by atoms with Gasteiger partial charge in [0.15, 0.2) is 10.1 Å². The molecule has 38 heavy (non-hydrogen) atoms. The lowest BCUT2D eigenvalue weighted by Crippen LogP contribution is -2.31. The summed E-state index contributed by atoms with van der Waals surface area (Å²) in [5, 5.41) is 21.6. The number of aliphatic hydroxyl groups excluding tert-OH is 1. The lowest BCUT2D eigenvalue weighted by atomic mass is 9.95. The third-order valence-corrected chi connectivity index (χ3v) is 9.95. The average Bonchev–Trinajstić information content (AvgIpc) is 3.54. The van der Waals surface area contributed by atoms with E-state index in [1.807, 2.05) is 12.1 Å². The van der Waals surface area contributed by atoms with Gasteiger partial charge in [0.2, 0.25) is 10.9 Å². The van der Waals surface area contributed by atoms with Gasteiger partial charge in [0, 0.05) is 20.3 Å². The van der Waals surface area contributed by atoms with Gasteiger partial charge in [-0.2, -0.15) is 0 Å². The molecule has 5 rings (SSSR count). The summed E-state index contributed by atoms with van der Waals surface area (Å²) in [7, 11) is 0. The average molecular weight is 668 g/mol. The van der Waals surface area contributed by atoms with E-state index < -0.39 is 23.5 Å². The molecule has 1 amide bonds. The van der Waals surface area contributed by atoms with Crippen molar-refractivity contribution >= 4 is 90.4 Å². The van der Waals surface area contributed by atoms with Crippen LogP contribution in [0.15, 0.2) is 62.6 Å². The number of thioether (sulfide) groups is 1. The highest BCUT2D eigenvalue weighted by molar-refractivity contribution is 9.10. The highest BCUT2D eigenvalue weighted by Gasteiger charge is 2.46. The van der Waals surface area contributed by atoms with E-state index in [9.17, 15) is 14.7 Å². The minimum Gasteiger partial charge on any atom is -0.503 e. The first-order valence-electron chi connectivity index (χ1n) is 11.0. The van der Waals surface area contributed by atoms with Crippen molar-refractivity contribution in [3.05, 3.63) is 95.0 Å². The topological polar surface area (TPSA) is 96.3 Å². The Hall–Kier alpha value is -2.28. The van der Waals surface area contributed by atoms with E-state index in [2.05, 4.69) is 31.1 Å². The number of nitrogens with zero attached hydrogens (tertiary/aromatic N) is 4. The summed E-state index contributed by atoms with van der Waals surface area (Å²) < 4.78 is 1.36. The number of anilines is 1. The molecule has 0 saturated carbocycles. The molecule has 7 nitrogen and oxygen atoms in total. The molecule has 0 spiro atoms. The number of amides is 1. The number of hydrogen-bond acceptors (Lipinski definition) is 9. The molecule has 2 aromatic heterocycles. The Morgan fingerprint density at radius 2 is 1.95 bits per heavy atom. The molecule has 0 fully saturated rings. The highest BCUT2D eigenvalue weighted by Crippen LogP contribution is 2.45. The lowest BCUT2D eigenvalue weighted by molar-refractivity contribution is -0.117. The number of aliphatic hydroxyl groups is 1. The van der Waals surface area contributed by atoms with E-state index in [4.69, 9.17) is 23.2 Å². The lowest BCUT2D eigenvalue weighted by Gasteiger charge is -2.24. The van der Waals surface area contributed by atoms with E-state index >= 15 is 0 Å². The van der Waals surface area contributed by atoms with E-state index in [1.165, 1.54) is 39.3 Å². The first-order valence-corrected chi connectivity index (χ1v) is 15.2.